The van der Waals surface area contributed by atoms with E-state index in [4.69, 9.17) is 0 Å². The Morgan fingerprint density at radius 2 is 1.89 bits per heavy atom. The number of aromatic nitrogens is 4. The fourth-order valence-electron chi connectivity index (χ4n) is 2.17. The first kappa shape index (κ1) is 12.2. The van der Waals surface area contributed by atoms with Gasteiger partial charge in [-0.15, -0.1) is 0 Å². The first-order valence-corrected chi connectivity index (χ1v) is 7.53. The molecule has 0 radical (unpaired) electrons. The molecule has 0 aromatic carbocycles. The summed E-state index contributed by atoms with van der Waals surface area (Å²) < 4.78 is 3.60. The molecular formula is C11H13Br2N5. The van der Waals surface area contributed by atoms with E-state index >= 15 is 0 Å². The molecule has 3 rings (SSSR count). The summed E-state index contributed by atoms with van der Waals surface area (Å²) in [6.07, 6.45) is 7.40. The molecule has 5 nitrogen and oxygen atoms in total. The van der Waals surface area contributed by atoms with Gasteiger partial charge in [0, 0.05) is 13.1 Å². The van der Waals surface area contributed by atoms with Crippen molar-refractivity contribution >= 4 is 37.8 Å². The number of hydrogen-bond donors (Lipinski definition) is 1. The van der Waals surface area contributed by atoms with Crippen molar-refractivity contribution in [3.63, 3.8) is 0 Å². The lowest BCUT2D eigenvalue weighted by Gasteiger charge is -2.25. The first-order valence-electron chi connectivity index (χ1n) is 5.94. The highest BCUT2D eigenvalue weighted by atomic mass is 79.9. The van der Waals surface area contributed by atoms with E-state index in [2.05, 4.69) is 51.7 Å². The number of imidazole rings is 2. The molecule has 1 fully saturated rings. The lowest BCUT2D eigenvalue weighted by molar-refractivity contribution is 0.570. The number of hydrogen-bond acceptors (Lipinski definition) is 3. The van der Waals surface area contributed by atoms with Gasteiger partial charge in [0.05, 0.1) is 6.20 Å². The van der Waals surface area contributed by atoms with Crippen LogP contribution in [0.25, 0.3) is 5.82 Å². The normalized spacial score (nSPS) is 16.2. The molecular weight excluding hydrogens is 362 g/mol. The predicted molar refractivity (Wildman–Crippen MR) is 77.2 cm³/mol. The Bertz CT molecular complexity index is 541. The Balaban J connectivity index is 1.87. The lowest BCUT2D eigenvalue weighted by atomic mass is 10.1. The van der Waals surface area contributed by atoms with Crippen molar-refractivity contribution < 1.29 is 0 Å². The van der Waals surface area contributed by atoms with Crippen molar-refractivity contribution in [2.75, 3.05) is 18.0 Å². The van der Waals surface area contributed by atoms with Gasteiger partial charge in [-0.05, 0) is 51.1 Å². The molecule has 96 valence electrons. The first-order chi connectivity index (χ1) is 8.75. The van der Waals surface area contributed by atoms with Gasteiger partial charge in [-0.2, -0.15) is 0 Å². The Kier molecular flexibility index (Phi) is 3.43. The predicted octanol–water partition coefficient (Wildman–Crippen LogP) is 3.11. The number of halogens is 2. The van der Waals surface area contributed by atoms with Crippen molar-refractivity contribution in [3.8, 4) is 5.82 Å². The maximum atomic E-state index is 4.45. The third kappa shape index (κ3) is 2.21. The van der Waals surface area contributed by atoms with E-state index in [0.29, 0.717) is 0 Å². The molecule has 0 atom stereocenters. The molecule has 0 bridgehead atoms. The van der Waals surface area contributed by atoms with Gasteiger partial charge in [-0.25, -0.2) is 9.97 Å². The van der Waals surface area contributed by atoms with Crippen molar-refractivity contribution in [2.24, 2.45) is 0 Å². The van der Waals surface area contributed by atoms with Gasteiger partial charge in [0.1, 0.15) is 21.4 Å². The minimum absolute atomic E-state index is 0.789. The number of rotatable bonds is 2. The fraction of sp³-hybridized carbons (Fsp3) is 0.455. The zero-order valence-electron chi connectivity index (χ0n) is 9.74. The van der Waals surface area contributed by atoms with Crippen molar-refractivity contribution in [2.45, 2.75) is 19.3 Å². The zero-order chi connectivity index (χ0) is 12.5. The fourth-order valence-corrected chi connectivity index (χ4v) is 2.84. The molecule has 2 aromatic heterocycles. The van der Waals surface area contributed by atoms with Crippen LogP contribution in [0.15, 0.2) is 21.7 Å². The Labute approximate surface area is 122 Å². The maximum Gasteiger partial charge on any atom is 0.204 e. The summed E-state index contributed by atoms with van der Waals surface area (Å²) in [5.41, 5.74) is 0. The van der Waals surface area contributed by atoms with E-state index < -0.39 is 0 Å². The Hall–Kier alpha value is -0.820. The summed E-state index contributed by atoms with van der Waals surface area (Å²) in [7, 11) is 0. The van der Waals surface area contributed by atoms with Gasteiger partial charge in [0.15, 0.2) is 0 Å². The average molecular weight is 375 g/mol. The van der Waals surface area contributed by atoms with Gasteiger partial charge in [-0.3, -0.25) is 4.57 Å². The van der Waals surface area contributed by atoms with Crippen LogP contribution in [0.4, 0.5) is 5.95 Å². The molecule has 1 aliphatic heterocycles. The molecule has 18 heavy (non-hydrogen) atoms. The molecule has 7 heteroatoms. The summed E-state index contributed by atoms with van der Waals surface area (Å²) >= 11 is 6.86. The maximum absolute atomic E-state index is 4.45. The third-order valence-corrected chi connectivity index (χ3v) is 5.00. The molecule has 0 saturated carbocycles. The highest BCUT2D eigenvalue weighted by molar-refractivity contribution is 9.13. The molecule has 1 aliphatic rings. The van der Waals surface area contributed by atoms with Crippen LogP contribution < -0.4 is 4.90 Å². The second-order valence-electron chi connectivity index (χ2n) is 4.34. The van der Waals surface area contributed by atoms with Gasteiger partial charge in [0.25, 0.3) is 0 Å². The Morgan fingerprint density at radius 3 is 2.56 bits per heavy atom. The van der Waals surface area contributed by atoms with Gasteiger partial charge >= 0.3 is 0 Å². The van der Waals surface area contributed by atoms with Crippen LogP contribution in [0, 0.1) is 0 Å². The van der Waals surface area contributed by atoms with Crippen molar-refractivity contribution in [1.29, 1.82) is 0 Å². The summed E-state index contributed by atoms with van der Waals surface area (Å²) in [6, 6.07) is 0. The number of nitrogens with zero attached hydrogens (tertiary/aromatic N) is 4. The van der Waals surface area contributed by atoms with Crippen LogP contribution in [-0.4, -0.2) is 32.6 Å². The number of H-pyrrole nitrogens is 1. The van der Waals surface area contributed by atoms with Crippen LogP contribution in [0.1, 0.15) is 19.3 Å². The smallest absolute Gasteiger partial charge is 0.204 e. The second kappa shape index (κ2) is 5.05. The van der Waals surface area contributed by atoms with E-state index in [1.807, 2.05) is 10.8 Å². The third-order valence-electron chi connectivity index (χ3n) is 3.13. The zero-order valence-corrected chi connectivity index (χ0v) is 12.9. The summed E-state index contributed by atoms with van der Waals surface area (Å²) in [4.78, 5) is 14.3. The number of aromatic amines is 1. The van der Waals surface area contributed by atoms with Gasteiger partial charge in [-0.1, -0.05) is 0 Å². The molecule has 0 spiro atoms. The van der Waals surface area contributed by atoms with Crippen molar-refractivity contribution in [1.82, 2.24) is 19.5 Å². The van der Waals surface area contributed by atoms with E-state index in [1.54, 1.807) is 6.33 Å². The summed E-state index contributed by atoms with van der Waals surface area (Å²) in [5.74, 6) is 1.86. The van der Waals surface area contributed by atoms with Crippen LogP contribution in [0.5, 0.6) is 0 Å². The number of piperidine rings is 1. The minimum atomic E-state index is 0.789. The van der Waals surface area contributed by atoms with Crippen LogP contribution in [0.3, 0.4) is 0 Å². The highest BCUT2D eigenvalue weighted by Gasteiger charge is 2.15. The lowest BCUT2D eigenvalue weighted by Crippen LogP contribution is -2.30. The summed E-state index contributed by atoms with van der Waals surface area (Å²) in [5, 5.41) is 0. The van der Waals surface area contributed by atoms with Gasteiger partial charge < -0.3 is 9.88 Å². The molecule has 2 aromatic rings. The van der Waals surface area contributed by atoms with E-state index in [9.17, 15) is 0 Å². The topological polar surface area (TPSA) is 49.7 Å². The monoisotopic (exact) mass is 373 g/mol. The standard InChI is InChI=1S/C11H13Br2N5/c12-9-10(13)18(7-15-9)8-6-14-11(16-8)17-4-2-1-3-5-17/h6-7H,1-5H2,(H,14,16). The van der Waals surface area contributed by atoms with Gasteiger partial charge in [0.2, 0.25) is 5.95 Å². The van der Waals surface area contributed by atoms with E-state index in [-0.39, 0.29) is 0 Å². The molecule has 1 saturated heterocycles. The largest absolute Gasteiger partial charge is 0.342 e. The minimum Gasteiger partial charge on any atom is -0.342 e. The molecule has 3 heterocycles. The van der Waals surface area contributed by atoms with E-state index in [0.717, 1.165) is 34.1 Å². The highest BCUT2D eigenvalue weighted by Crippen LogP contribution is 2.25. The van der Waals surface area contributed by atoms with Crippen molar-refractivity contribution in [3.05, 3.63) is 21.7 Å². The van der Waals surface area contributed by atoms with Crippen LogP contribution in [0.2, 0.25) is 0 Å². The average Bonchev–Trinajstić information content (AvgIpc) is 3.00. The molecule has 0 aliphatic carbocycles. The van der Waals surface area contributed by atoms with Crippen LogP contribution in [-0.2, 0) is 0 Å². The van der Waals surface area contributed by atoms with Crippen LogP contribution >= 0.6 is 31.9 Å². The SMILES string of the molecule is Brc1ncn(-c2cnc(N3CCCCC3)[nH]2)c1Br. The second-order valence-corrected chi connectivity index (χ2v) is 5.84. The quantitative estimate of drug-likeness (QED) is 0.878. The molecule has 1 N–H and O–H groups in total. The van der Waals surface area contributed by atoms with E-state index in [1.165, 1.54) is 19.3 Å². The summed E-state index contributed by atoms with van der Waals surface area (Å²) in [6.45, 7) is 2.17. The molecule has 0 unspecified atom stereocenters. The Morgan fingerprint density at radius 1 is 1.11 bits per heavy atom. The number of anilines is 1. The molecule has 0 amide bonds. The number of nitrogens with one attached hydrogen (secondary N) is 1.